The lowest BCUT2D eigenvalue weighted by atomic mass is 10.3. The van der Waals surface area contributed by atoms with Gasteiger partial charge in [0.1, 0.15) is 5.01 Å². The van der Waals surface area contributed by atoms with E-state index in [1.807, 2.05) is 17.8 Å². The summed E-state index contributed by atoms with van der Waals surface area (Å²) >= 11 is 1.62. The molecule has 0 aliphatic rings. The van der Waals surface area contributed by atoms with Crippen LogP contribution >= 0.6 is 11.3 Å². The molecule has 0 spiro atoms. The van der Waals surface area contributed by atoms with Crippen LogP contribution in [0.15, 0.2) is 18.5 Å². The quantitative estimate of drug-likeness (QED) is 0.861. The first-order valence-corrected chi connectivity index (χ1v) is 5.76. The van der Waals surface area contributed by atoms with Gasteiger partial charge in [-0.3, -0.25) is 0 Å². The molecule has 0 aliphatic heterocycles. The smallest absolute Gasteiger partial charge is 0.205 e. The number of rotatable bonds is 4. The van der Waals surface area contributed by atoms with Gasteiger partial charge in [-0.1, -0.05) is 18.3 Å². The molecular formula is C10H14N4S. The predicted octanol–water partition coefficient (Wildman–Crippen LogP) is 2.05. The van der Waals surface area contributed by atoms with Gasteiger partial charge in [0.2, 0.25) is 5.13 Å². The van der Waals surface area contributed by atoms with Crippen LogP contribution in [0.1, 0.15) is 17.5 Å². The Labute approximate surface area is 93.0 Å². The van der Waals surface area contributed by atoms with E-state index in [1.165, 1.54) is 5.56 Å². The summed E-state index contributed by atoms with van der Waals surface area (Å²) in [5.74, 6) is 0. The minimum Gasteiger partial charge on any atom is -0.357 e. The van der Waals surface area contributed by atoms with Gasteiger partial charge in [0.15, 0.2) is 0 Å². The van der Waals surface area contributed by atoms with Gasteiger partial charge < -0.3 is 9.88 Å². The molecule has 0 bridgehead atoms. The summed E-state index contributed by atoms with van der Waals surface area (Å²) in [5, 5.41) is 13.3. The number of aryl methyl sites for hydroxylation is 2. The van der Waals surface area contributed by atoms with Crippen LogP contribution in [0, 0.1) is 0 Å². The van der Waals surface area contributed by atoms with E-state index in [1.54, 1.807) is 11.3 Å². The lowest BCUT2D eigenvalue weighted by molar-refractivity contribution is 0.919. The number of hydrogen-bond acceptors (Lipinski definition) is 4. The summed E-state index contributed by atoms with van der Waals surface area (Å²) in [7, 11) is 2.02. The fraction of sp³-hybridized carbons (Fsp3) is 0.400. The Morgan fingerprint density at radius 1 is 1.47 bits per heavy atom. The van der Waals surface area contributed by atoms with E-state index in [9.17, 15) is 0 Å². The molecule has 0 atom stereocenters. The minimum absolute atomic E-state index is 0.805. The van der Waals surface area contributed by atoms with Gasteiger partial charge in [-0.05, 0) is 18.1 Å². The molecule has 15 heavy (non-hydrogen) atoms. The van der Waals surface area contributed by atoms with Crippen molar-refractivity contribution in [1.82, 2.24) is 14.8 Å². The van der Waals surface area contributed by atoms with Crippen LogP contribution in [0.2, 0.25) is 0 Å². The maximum absolute atomic E-state index is 4.06. The maximum Gasteiger partial charge on any atom is 0.205 e. The van der Waals surface area contributed by atoms with Crippen LogP contribution < -0.4 is 5.32 Å². The first kappa shape index (κ1) is 10.2. The van der Waals surface area contributed by atoms with Crippen molar-refractivity contribution in [2.24, 2.45) is 7.05 Å². The van der Waals surface area contributed by atoms with Crippen LogP contribution in [0.4, 0.5) is 5.13 Å². The predicted molar refractivity (Wildman–Crippen MR) is 62.0 cm³/mol. The monoisotopic (exact) mass is 222 g/mol. The summed E-state index contributed by atoms with van der Waals surface area (Å²) in [4.78, 5) is 0. The van der Waals surface area contributed by atoms with Crippen LogP contribution in [0.5, 0.6) is 0 Å². The lowest BCUT2D eigenvalue weighted by Crippen LogP contribution is -1.97. The maximum atomic E-state index is 4.06. The van der Waals surface area contributed by atoms with Gasteiger partial charge in [0.25, 0.3) is 0 Å². The third kappa shape index (κ3) is 2.56. The highest BCUT2D eigenvalue weighted by Gasteiger charge is 2.01. The Morgan fingerprint density at radius 3 is 2.93 bits per heavy atom. The Morgan fingerprint density at radius 2 is 2.33 bits per heavy atom. The fourth-order valence-electron chi connectivity index (χ4n) is 1.31. The molecule has 4 nitrogen and oxygen atoms in total. The highest BCUT2D eigenvalue weighted by atomic mass is 32.1. The molecule has 2 aromatic heterocycles. The lowest BCUT2D eigenvalue weighted by Gasteiger charge is -1.97. The molecule has 0 unspecified atom stereocenters. The molecule has 0 fully saturated rings. The van der Waals surface area contributed by atoms with Gasteiger partial charge >= 0.3 is 0 Å². The fourth-order valence-corrected chi connectivity index (χ4v) is 1.99. The third-order valence-corrected chi connectivity index (χ3v) is 3.13. The van der Waals surface area contributed by atoms with Crippen LogP contribution in [0.25, 0.3) is 0 Å². The van der Waals surface area contributed by atoms with Crippen molar-refractivity contribution >= 4 is 16.5 Å². The molecule has 0 aromatic carbocycles. The largest absolute Gasteiger partial charge is 0.357 e. The van der Waals surface area contributed by atoms with Gasteiger partial charge in [-0.15, -0.1) is 10.2 Å². The molecule has 1 N–H and O–H groups in total. The summed E-state index contributed by atoms with van der Waals surface area (Å²) in [6.07, 6.45) is 5.08. The summed E-state index contributed by atoms with van der Waals surface area (Å²) in [5.41, 5.74) is 1.26. The number of anilines is 1. The van der Waals surface area contributed by atoms with Crippen LogP contribution in [0.3, 0.4) is 0 Å². The Kier molecular flexibility index (Phi) is 3.01. The average Bonchev–Trinajstić information content (AvgIpc) is 2.83. The Hall–Kier alpha value is -1.36. The molecule has 2 rings (SSSR count). The first-order chi connectivity index (χ1) is 7.28. The topological polar surface area (TPSA) is 42.7 Å². The molecule has 0 amide bonds. The van der Waals surface area contributed by atoms with E-state index in [0.717, 1.165) is 23.1 Å². The van der Waals surface area contributed by atoms with Crippen LogP contribution in [-0.4, -0.2) is 14.8 Å². The van der Waals surface area contributed by atoms with Crippen molar-refractivity contribution in [3.8, 4) is 0 Å². The van der Waals surface area contributed by atoms with Crippen molar-refractivity contribution in [1.29, 1.82) is 0 Å². The second-order valence-corrected chi connectivity index (χ2v) is 4.46. The summed E-state index contributed by atoms with van der Waals surface area (Å²) < 4.78 is 2.04. The Balaban J connectivity index is 1.93. The Bertz CT molecular complexity index is 432. The molecule has 0 aliphatic carbocycles. The summed E-state index contributed by atoms with van der Waals surface area (Å²) in [6, 6.07) is 2.09. The SMILES string of the molecule is CCc1nnc(NCc2ccn(C)c2)s1. The van der Waals surface area contributed by atoms with Crippen molar-refractivity contribution in [2.45, 2.75) is 19.9 Å². The third-order valence-electron chi connectivity index (χ3n) is 2.11. The molecule has 2 heterocycles. The van der Waals surface area contributed by atoms with Crippen LogP contribution in [-0.2, 0) is 20.0 Å². The number of aromatic nitrogens is 3. The molecule has 80 valence electrons. The molecule has 0 saturated carbocycles. The highest BCUT2D eigenvalue weighted by molar-refractivity contribution is 7.15. The van der Waals surface area contributed by atoms with Gasteiger partial charge in [-0.2, -0.15) is 0 Å². The zero-order valence-corrected chi connectivity index (χ0v) is 9.71. The summed E-state index contributed by atoms with van der Waals surface area (Å²) in [6.45, 7) is 2.89. The molecule has 0 radical (unpaired) electrons. The normalized spacial score (nSPS) is 10.5. The van der Waals surface area contributed by atoms with E-state index in [0.29, 0.717) is 0 Å². The highest BCUT2D eigenvalue weighted by Crippen LogP contribution is 2.16. The van der Waals surface area contributed by atoms with E-state index >= 15 is 0 Å². The number of nitrogens with one attached hydrogen (secondary N) is 1. The molecule has 0 saturated heterocycles. The van der Waals surface area contributed by atoms with Gasteiger partial charge in [0, 0.05) is 26.0 Å². The number of nitrogens with zero attached hydrogens (tertiary/aromatic N) is 3. The first-order valence-electron chi connectivity index (χ1n) is 4.95. The van der Waals surface area contributed by atoms with Crippen molar-refractivity contribution in [2.75, 3.05) is 5.32 Å². The zero-order chi connectivity index (χ0) is 10.7. The molecule has 2 aromatic rings. The standard InChI is InChI=1S/C10H14N4S/c1-3-9-12-13-10(15-9)11-6-8-4-5-14(2)7-8/h4-5,7H,3,6H2,1-2H3,(H,11,13). The van der Waals surface area contributed by atoms with E-state index < -0.39 is 0 Å². The number of hydrogen-bond donors (Lipinski definition) is 1. The molecule has 5 heteroatoms. The molecular weight excluding hydrogens is 208 g/mol. The van der Waals surface area contributed by atoms with E-state index in [2.05, 4.69) is 34.7 Å². The minimum atomic E-state index is 0.805. The second kappa shape index (κ2) is 4.44. The van der Waals surface area contributed by atoms with E-state index in [4.69, 9.17) is 0 Å². The van der Waals surface area contributed by atoms with Crippen molar-refractivity contribution < 1.29 is 0 Å². The zero-order valence-electron chi connectivity index (χ0n) is 8.90. The van der Waals surface area contributed by atoms with Gasteiger partial charge in [0.05, 0.1) is 0 Å². The van der Waals surface area contributed by atoms with Crippen molar-refractivity contribution in [3.63, 3.8) is 0 Å². The second-order valence-electron chi connectivity index (χ2n) is 3.39. The average molecular weight is 222 g/mol. The van der Waals surface area contributed by atoms with Crippen molar-refractivity contribution in [3.05, 3.63) is 29.0 Å². The van der Waals surface area contributed by atoms with E-state index in [-0.39, 0.29) is 0 Å². The van der Waals surface area contributed by atoms with Gasteiger partial charge in [-0.25, -0.2) is 0 Å².